The Morgan fingerprint density at radius 1 is 1.17 bits per heavy atom. The number of pyridine rings is 1. The number of alkyl carbamates (subject to hydrolysis) is 1. The number of anilines is 3. The van der Waals surface area contributed by atoms with Crippen LogP contribution in [0.4, 0.5) is 22.1 Å². The predicted octanol–water partition coefficient (Wildman–Crippen LogP) is 2.52. The van der Waals surface area contributed by atoms with Gasteiger partial charge in [-0.1, -0.05) is 0 Å². The number of fused-ring (bicyclic) bond motifs is 10. The van der Waals surface area contributed by atoms with Crippen molar-refractivity contribution >= 4 is 23.4 Å². The third-order valence-corrected chi connectivity index (χ3v) is 5.91. The van der Waals surface area contributed by atoms with Crippen LogP contribution in [0.3, 0.4) is 0 Å². The second kappa shape index (κ2) is 7.90. The van der Waals surface area contributed by atoms with Crippen LogP contribution in [0.5, 0.6) is 0 Å². The van der Waals surface area contributed by atoms with E-state index in [2.05, 4.69) is 30.7 Å². The van der Waals surface area contributed by atoms with Crippen LogP contribution in [0.15, 0.2) is 24.4 Å². The average Bonchev–Trinajstić information content (AvgIpc) is 3.46. The van der Waals surface area contributed by atoms with Crippen LogP contribution in [0.25, 0.3) is 0 Å². The first-order valence-electron chi connectivity index (χ1n) is 10.3. The monoisotopic (exact) mass is 398 g/mol. The van der Waals surface area contributed by atoms with Gasteiger partial charge in [-0.05, 0) is 31.7 Å². The second-order valence-electron chi connectivity index (χ2n) is 7.93. The van der Waals surface area contributed by atoms with Crippen molar-refractivity contribution in [3.8, 4) is 0 Å². The largest absolute Gasteiger partial charge is 0.446 e. The van der Waals surface area contributed by atoms with Crippen LogP contribution in [-0.2, 0) is 9.47 Å². The van der Waals surface area contributed by atoms with Crippen molar-refractivity contribution in [3.05, 3.63) is 30.1 Å². The van der Waals surface area contributed by atoms with E-state index < -0.39 is 0 Å². The zero-order chi connectivity index (χ0) is 19.6. The number of ether oxygens (including phenoxy) is 2. The summed E-state index contributed by atoms with van der Waals surface area (Å²) in [5.74, 6) is 2.02. The first-order chi connectivity index (χ1) is 14.2. The highest BCUT2D eigenvalue weighted by atomic mass is 16.6. The molecular formula is C20H26N6O3. The minimum Gasteiger partial charge on any atom is -0.446 e. The van der Waals surface area contributed by atoms with Crippen molar-refractivity contribution in [2.75, 3.05) is 36.5 Å². The number of H-pyrrole nitrogens is 1. The normalized spacial score (nSPS) is 27.2. The zero-order valence-corrected chi connectivity index (χ0v) is 16.3. The van der Waals surface area contributed by atoms with Crippen LogP contribution in [0.2, 0.25) is 0 Å². The lowest BCUT2D eigenvalue weighted by Crippen LogP contribution is -2.32. The maximum Gasteiger partial charge on any atom is 0.407 e. The van der Waals surface area contributed by atoms with E-state index in [9.17, 15) is 4.79 Å². The van der Waals surface area contributed by atoms with Gasteiger partial charge in [-0.25, -0.2) is 9.78 Å². The van der Waals surface area contributed by atoms with Gasteiger partial charge in [0.15, 0.2) is 5.82 Å². The molecular weight excluding hydrogens is 372 g/mol. The van der Waals surface area contributed by atoms with E-state index in [4.69, 9.17) is 9.47 Å². The van der Waals surface area contributed by atoms with Gasteiger partial charge in [0.05, 0.1) is 12.7 Å². The second-order valence-corrected chi connectivity index (χ2v) is 7.93. The number of hydrogen-bond donors (Lipinski definition) is 3. The first kappa shape index (κ1) is 18.2. The van der Waals surface area contributed by atoms with Crippen molar-refractivity contribution in [1.29, 1.82) is 0 Å². The quantitative estimate of drug-likeness (QED) is 0.626. The highest BCUT2D eigenvalue weighted by Gasteiger charge is 2.30. The van der Waals surface area contributed by atoms with E-state index in [0.29, 0.717) is 19.1 Å². The summed E-state index contributed by atoms with van der Waals surface area (Å²) in [6.45, 7) is 2.61. The van der Waals surface area contributed by atoms with Crippen LogP contribution in [0.1, 0.15) is 37.3 Å². The number of aromatic amines is 1. The van der Waals surface area contributed by atoms with Crippen LogP contribution in [-0.4, -0.2) is 59.7 Å². The van der Waals surface area contributed by atoms with E-state index >= 15 is 0 Å². The fourth-order valence-electron chi connectivity index (χ4n) is 4.40. The van der Waals surface area contributed by atoms with Crippen LogP contribution >= 0.6 is 0 Å². The van der Waals surface area contributed by atoms with Crippen molar-refractivity contribution in [2.24, 2.45) is 0 Å². The smallest absolute Gasteiger partial charge is 0.407 e. The first-order valence-corrected chi connectivity index (χ1v) is 10.3. The standard InChI is InChI=1S/C20H26N6O3/c27-20-22-6-8-28-16-4-7-26(12-16)19-10-14(3-5-21-19)23-18-11-17(24-25-18)13-1-2-15(9-13)29-20/h3,5,10-11,13,15-16H,1-2,4,6-9,12H2,(H,22,27)(H2,23,24,25)/t13-,15+,16-/m0/s1. The fraction of sp³-hybridized carbons (Fsp3) is 0.550. The Kier molecular flexibility index (Phi) is 4.97. The Hall–Kier alpha value is -2.81. The molecule has 1 saturated carbocycles. The molecule has 5 rings (SSSR count). The van der Waals surface area contributed by atoms with E-state index in [1.807, 2.05) is 24.4 Å². The molecule has 2 aromatic heterocycles. The Morgan fingerprint density at radius 2 is 2.14 bits per heavy atom. The Bertz CT molecular complexity index is 871. The summed E-state index contributed by atoms with van der Waals surface area (Å²) in [5, 5.41) is 13.7. The molecule has 9 nitrogen and oxygen atoms in total. The number of carbonyl (C=O) groups is 1. The number of rotatable bonds is 0. The van der Waals surface area contributed by atoms with Gasteiger partial charge in [0.2, 0.25) is 0 Å². The third-order valence-electron chi connectivity index (χ3n) is 5.91. The third kappa shape index (κ3) is 4.14. The van der Waals surface area contributed by atoms with Gasteiger partial charge in [0.1, 0.15) is 11.9 Å². The van der Waals surface area contributed by atoms with Crippen LogP contribution < -0.4 is 15.5 Å². The maximum atomic E-state index is 12.1. The molecule has 2 aliphatic heterocycles. The number of amides is 1. The average molecular weight is 398 g/mol. The number of aromatic nitrogens is 3. The van der Waals surface area contributed by atoms with E-state index in [-0.39, 0.29) is 18.3 Å². The summed E-state index contributed by atoms with van der Waals surface area (Å²) in [6, 6.07) is 6.03. The summed E-state index contributed by atoms with van der Waals surface area (Å²) in [4.78, 5) is 18.8. The molecule has 0 spiro atoms. The SMILES string of the molecule is O=C1NCCO[C@H]2CCN(C2)c2cc(ccn2)Nc2cc([nH]n2)[C@H]2CC[C@H](C2)O1. The van der Waals surface area contributed by atoms with Crippen molar-refractivity contribution < 1.29 is 14.3 Å². The Labute approximate surface area is 169 Å². The Balaban J connectivity index is 1.36. The van der Waals surface area contributed by atoms with Gasteiger partial charge in [-0.3, -0.25) is 5.10 Å². The molecule has 4 heterocycles. The van der Waals surface area contributed by atoms with Gasteiger partial charge >= 0.3 is 6.09 Å². The molecule has 1 aliphatic carbocycles. The van der Waals surface area contributed by atoms with E-state index in [0.717, 1.165) is 61.8 Å². The van der Waals surface area contributed by atoms with Gasteiger partial charge in [0.25, 0.3) is 0 Å². The van der Waals surface area contributed by atoms with E-state index in [1.165, 1.54) is 0 Å². The lowest BCUT2D eigenvalue weighted by molar-refractivity contribution is 0.0640. The summed E-state index contributed by atoms with van der Waals surface area (Å²) in [5.41, 5.74) is 2.03. The van der Waals surface area contributed by atoms with Crippen LogP contribution in [0, 0.1) is 0 Å². The molecule has 3 atom stereocenters. The molecule has 154 valence electrons. The van der Waals surface area contributed by atoms with Crippen molar-refractivity contribution in [1.82, 2.24) is 20.5 Å². The topological polar surface area (TPSA) is 104 Å². The summed E-state index contributed by atoms with van der Waals surface area (Å²) in [7, 11) is 0. The molecule has 0 radical (unpaired) electrons. The lowest BCUT2D eigenvalue weighted by Gasteiger charge is -2.18. The molecule has 1 saturated heterocycles. The molecule has 9 heteroatoms. The molecule has 2 aromatic rings. The van der Waals surface area contributed by atoms with Gasteiger partial charge in [-0.15, -0.1) is 0 Å². The molecule has 0 aromatic carbocycles. The lowest BCUT2D eigenvalue weighted by atomic mass is 10.0. The highest BCUT2D eigenvalue weighted by Crippen LogP contribution is 2.36. The molecule has 0 unspecified atom stereocenters. The number of hydrogen-bond acceptors (Lipinski definition) is 7. The summed E-state index contributed by atoms with van der Waals surface area (Å²) in [6.07, 6.45) is 5.11. The Morgan fingerprint density at radius 3 is 3.10 bits per heavy atom. The summed E-state index contributed by atoms with van der Waals surface area (Å²) >= 11 is 0. The van der Waals surface area contributed by atoms with Gasteiger partial charge in [0, 0.05) is 55.3 Å². The number of nitrogens with zero attached hydrogens (tertiary/aromatic N) is 3. The summed E-state index contributed by atoms with van der Waals surface area (Å²) < 4.78 is 11.5. The van der Waals surface area contributed by atoms with Crippen molar-refractivity contribution in [2.45, 2.75) is 43.8 Å². The maximum absolute atomic E-state index is 12.1. The molecule has 29 heavy (non-hydrogen) atoms. The molecule has 8 bridgehead atoms. The minimum absolute atomic E-state index is 0.0612. The zero-order valence-electron chi connectivity index (χ0n) is 16.3. The van der Waals surface area contributed by atoms with Crippen molar-refractivity contribution in [3.63, 3.8) is 0 Å². The van der Waals surface area contributed by atoms with Gasteiger partial charge < -0.3 is 25.0 Å². The minimum atomic E-state index is -0.364. The molecule has 2 fully saturated rings. The predicted molar refractivity (Wildman–Crippen MR) is 108 cm³/mol. The number of nitrogens with one attached hydrogen (secondary N) is 3. The molecule has 3 N–H and O–H groups in total. The van der Waals surface area contributed by atoms with Gasteiger partial charge in [-0.2, -0.15) is 5.10 Å². The molecule has 1 amide bonds. The number of carbonyl (C=O) groups excluding carboxylic acids is 1. The fourth-order valence-corrected chi connectivity index (χ4v) is 4.40. The highest BCUT2D eigenvalue weighted by molar-refractivity contribution is 5.67. The van der Waals surface area contributed by atoms with E-state index in [1.54, 1.807) is 0 Å². The molecule has 3 aliphatic rings.